The predicted octanol–water partition coefficient (Wildman–Crippen LogP) is 4.98. The lowest BCUT2D eigenvalue weighted by molar-refractivity contribution is 0.0293. The third kappa shape index (κ3) is 5.99. The molecule has 0 spiro atoms. The van der Waals surface area contributed by atoms with Crippen molar-refractivity contribution in [2.45, 2.75) is 45.4 Å². The summed E-state index contributed by atoms with van der Waals surface area (Å²) >= 11 is 3.53. The van der Waals surface area contributed by atoms with E-state index in [1.807, 2.05) is 39.0 Å². The molecule has 192 valence electrons. The van der Waals surface area contributed by atoms with Crippen LogP contribution in [0.3, 0.4) is 0 Å². The number of anilines is 2. The number of ether oxygens (including phenoxy) is 1. The van der Waals surface area contributed by atoms with Gasteiger partial charge in [0, 0.05) is 37.4 Å². The van der Waals surface area contributed by atoms with E-state index in [-0.39, 0.29) is 12.1 Å². The standard InChI is InChI=1S/C26H29BrN8O2/c1-26(2,3)37-25(36)34-13-11-19(16-34)31-23-32-22-20(27)15-30-35(22)24(33-23)29-14-17-7-9-18(10-8-17)21-6-4-5-12-28-21/h4-10,12,15,19H,11,13-14,16H2,1-3H3,(H2,29,31,32,33). The number of amides is 1. The molecule has 2 N–H and O–H groups in total. The third-order valence-corrected chi connectivity index (χ3v) is 6.42. The van der Waals surface area contributed by atoms with Gasteiger partial charge in [-0.25, -0.2) is 4.79 Å². The fraction of sp³-hybridized carbons (Fsp3) is 0.346. The van der Waals surface area contributed by atoms with Gasteiger partial charge in [-0.15, -0.1) is 0 Å². The Morgan fingerprint density at radius 1 is 1.16 bits per heavy atom. The quantitative estimate of drug-likeness (QED) is 0.337. The summed E-state index contributed by atoms with van der Waals surface area (Å²) in [6.07, 6.45) is 3.96. The summed E-state index contributed by atoms with van der Waals surface area (Å²) < 4.78 is 7.94. The summed E-state index contributed by atoms with van der Waals surface area (Å²) in [6.45, 7) is 7.30. The average molecular weight is 565 g/mol. The summed E-state index contributed by atoms with van der Waals surface area (Å²) in [4.78, 5) is 27.9. The molecule has 1 atom stereocenters. The van der Waals surface area contributed by atoms with Crippen LogP contribution in [0.25, 0.3) is 16.9 Å². The molecule has 1 amide bonds. The smallest absolute Gasteiger partial charge is 0.410 e. The molecule has 4 aromatic rings. The van der Waals surface area contributed by atoms with E-state index in [2.05, 4.69) is 70.9 Å². The molecular weight excluding hydrogens is 536 g/mol. The maximum Gasteiger partial charge on any atom is 0.410 e. The van der Waals surface area contributed by atoms with Crippen molar-refractivity contribution in [3.05, 3.63) is 64.9 Å². The van der Waals surface area contributed by atoms with Gasteiger partial charge in [-0.1, -0.05) is 30.3 Å². The highest BCUT2D eigenvalue weighted by Crippen LogP contribution is 2.23. The van der Waals surface area contributed by atoms with Gasteiger partial charge in [-0.05, 0) is 60.8 Å². The van der Waals surface area contributed by atoms with Crippen molar-refractivity contribution in [1.82, 2.24) is 29.5 Å². The Kier molecular flexibility index (Phi) is 6.96. The molecule has 1 saturated heterocycles. The lowest BCUT2D eigenvalue weighted by Gasteiger charge is -2.24. The van der Waals surface area contributed by atoms with Crippen molar-refractivity contribution in [2.75, 3.05) is 23.7 Å². The van der Waals surface area contributed by atoms with Gasteiger partial charge in [0.25, 0.3) is 0 Å². The fourth-order valence-electron chi connectivity index (χ4n) is 4.09. The largest absolute Gasteiger partial charge is 0.444 e. The number of carbonyl (C=O) groups excluding carboxylic acids is 1. The SMILES string of the molecule is CC(C)(C)OC(=O)N1CCC(Nc2nc(NCc3ccc(-c4ccccn4)cc3)n3ncc(Br)c3n2)C1. The topological polar surface area (TPSA) is 110 Å². The first kappa shape index (κ1) is 24.9. The molecule has 1 aliphatic heterocycles. The number of fused-ring (bicyclic) bond motifs is 1. The Hall–Kier alpha value is -3.73. The van der Waals surface area contributed by atoms with Crippen molar-refractivity contribution in [3.8, 4) is 11.3 Å². The minimum Gasteiger partial charge on any atom is -0.444 e. The molecule has 0 bridgehead atoms. The molecule has 11 heteroatoms. The number of pyridine rings is 1. The van der Waals surface area contributed by atoms with Crippen molar-refractivity contribution in [1.29, 1.82) is 0 Å². The number of likely N-dealkylation sites (tertiary alicyclic amines) is 1. The van der Waals surface area contributed by atoms with Gasteiger partial charge >= 0.3 is 6.09 Å². The Bertz CT molecular complexity index is 1390. The van der Waals surface area contributed by atoms with E-state index in [9.17, 15) is 4.79 Å². The van der Waals surface area contributed by atoms with Crippen molar-refractivity contribution < 1.29 is 9.53 Å². The zero-order valence-corrected chi connectivity index (χ0v) is 22.6. The van der Waals surface area contributed by atoms with E-state index >= 15 is 0 Å². The Balaban J connectivity index is 1.28. The molecule has 1 aromatic carbocycles. The first-order chi connectivity index (χ1) is 17.7. The first-order valence-electron chi connectivity index (χ1n) is 12.2. The minimum absolute atomic E-state index is 0.0173. The normalized spacial score (nSPS) is 15.7. The number of halogens is 1. The number of carbonyl (C=O) groups is 1. The second kappa shape index (κ2) is 10.3. The van der Waals surface area contributed by atoms with Crippen LogP contribution in [0.2, 0.25) is 0 Å². The second-order valence-corrected chi connectivity index (χ2v) is 10.8. The van der Waals surface area contributed by atoms with Crippen LogP contribution < -0.4 is 10.6 Å². The molecule has 1 fully saturated rings. The van der Waals surface area contributed by atoms with Crippen LogP contribution in [0.1, 0.15) is 32.8 Å². The van der Waals surface area contributed by atoms with Crippen LogP contribution in [0.15, 0.2) is 59.3 Å². The zero-order valence-electron chi connectivity index (χ0n) is 21.0. The highest BCUT2D eigenvalue weighted by molar-refractivity contribution is 9.10. The van der Waals surface area contributed by atoms with Crippen LogP contribution in [-0.4, -0.2) is 60.3 Å². The Morgan fingerprint density at radius 3 is 2.70 bits per heavy atom. The van der Waals surface area contributed by atoms with Gasteiger partial charge in [-0.3, -0.25) is 4.98 Å². The summed E-state index contributed by atoms with van der Waals surface area (Å²) in [7, 11) is 0. The van der Waals surface area contributed by atoms with E-state index in [1.165, 1.54) is 0 Å². The Labute approximate surface area is 223 Å². The summed E-state index contributed by atoms with van der Waals surface area (Å²) in [5, 5.41) is 11.2. The molecule has 4 heterocycles. The first-order valence-corrected chi connectivity index (χ1v) is 12.9. The summed E-state index contributed by atoms with van der Waals surface area (Å²) in [6, 6.07) is 14.1. The fourth-order valence-corrected chi connectivity index (χ4v) is 4.44. The van der Waals surface area contributed by atoms with E-state index in [4.69, 9.17) is 4.74 Å². The van der Waals surface area contributed by atoms with Gasteiger partial charge in [-0.2, -0.15) is 19.6 Å². The van der Waals surface area contributed by atoms with Crippen LogP contribution in [0, 0.1) is 0 Å². The lowest BCUT2D eigenvalue weighted by Crippen LogP contribution is -2.36. The van der Waals surface area contributed by atoms with E-state index < -0.39 is 5.60 Å². The van der Waals surface area contributed by atoms with Crippen LogP contribution in [-0.2, 0) is 11.3 Å². The van der Waals surface area contributed by atoms with Gasteiger partial charge < -0.3 is 20.3 Å². The van der Waals surface area contributed by atoms with E-state index in [0.29, 0.717) is 37.2 Å². The van der Waals surface area contributed by atoms with Gasteiger partial charge in [0.1, 0.15) is 5.60 Å². The second-order valence-electron chi connectivity index (χ2n) is 9.92. The number of nitrogens with zero attached hydrogens (tertiary/aromatic N) is 6. The maximum atomic E-state index is 12.4. The number of aromatic nitrogens is 5. The summed E-state index contributed by atoms with van der Waals surface area (Å²) in [5.74, 6) is 1.03. The molecule has 37 heavy (non-hydrogen) atoms. The third-order valence-electron chi connectivity index (χ3n) is 5.86. The number of nitrogens with one attached hydrogen (secondary N) is 2. The van der Waals surface area contributed by atoms with Crippen molar-refractivity contribution in [2.24, 2.45) is 0 Å². The maximum absolute atomic E-state index is 12.4. The van der Waals surface area contributed by atoms with Gasteiger partial charge in [0.2, 0.25) is 11.9 Å². The lowest BCUT2D eigenvalue weighted by atomic mass is 10.1. The molecule has 1 unspecified atom stereocenters. The van der Waals surface area contributed by atoms with Crippen LogP contribution >= 0.6 is 15.9 Å². The average Bonchev–Trinajstić information content (AvgIpc) is 3.49. The monoisotopic (exact) mass is 564 g/mol. The molecular formula is C26H29BrN8O2. The zero-order chi connectivity index (χ0) is 26.0. The molecule has 0 radical (unpaired) electrons. The summed E-state index contributed by atoms with van der Waals surface area (Å²) in [5.41, 5.74) is 3.22. The van der Waals surface area contributed by atoms with Crippen molar-refractivity contribution >= 4 is 39.6 Å². The molecule has 10 nitrogen and oxygen atoms in total. The van der Waals surface area contributed by atoms with E-state index in [1.54, 1.807) is 21.8 Å². The van der Waals surface area contributed by atoms with Gasteiger partial charge in [0.15, 0.2) is 5.65 Å². The number of hydrogen-bond acceptors (Lipinski definition) is 8. The predicted molar refractivity (Wildman–Crippen MR) is 145 cm³/mol. The molecule has 3 aromatic heterocycles. The van der Waals surface area contributed by atoms with Crippen LogP contribution in [0.5, 0.6) is 0 Å². The number of hydrogen-bond donors (Lipinski definition) is 2. The van der Waals surface area contributed by atoms with Crippen molar-refractivity contribution in [3.63, 3.8) is 0 Å². The highest BCUT2D eigenvalue weighted by atomic mass is 79.9. The molecule has 0 aliphatic carbocycles. The molecule has 0 saturated carbocycles. The molecule has 5 rings (SSSR count). The number of benzene rings is 1. The van der Waals surface area contributed by atoms with Crippen LogP contribution in [0.4, 0.5) is 16.7 Å². The highest BCUT2D eigenvalue weighted by Gasteiger charge is 2.30. The van der Waals surface area contributed by atoms with Gasteiger partial charge in [0.05, 0.1) is 16.4 Å². The number of rotatable bonds is 6. The minimum atomic E-state index is -0.523. The Morgan fingerprint density at radius 2 is 1.97 bits per heavy atom. The molecule has 1 aliphatic rings. The van der Waals surface area contributed by atoms with E-state index in [0.717, 1.165) is 27.7 Å².